The van der Waals surface area contributed by atoms with Gasteiger partial charge in [-0.15, -0.1) is 0 Å². The van der Waals surface area contributed by atoms with Crippen LogP contribution >= 0.6 is 0 Å². The fourth-order valence-corrected chi connectivity index (χ4v) is 0.420. The quantitative estimate of drug-likeness (QED) is 0.246. The van der Waals surface area contributed by atoms with Crippen molar-refractivity contribution in [2.24, 2.45) is 0 Å². The number of nitrogens with zero attached hydrogens (tertiary/aromatic N) is 1. The van der Waals surface area contributed by atoms with Crippen molar-refractivity contribution in [3.05, 3.63) is 0 Å². The molecule has 0 aliphatic carbocycles. The summed E-state index contributed by atoms with van der Waals surface area (Å²) in [5.41, 5.74) is 0. The van der Waals surface area contributed by atoms with E-state index in [-0.39, 0.29) is 0 Å². The van der Waals surface area contributed by atoms with Gasteiger partial charge in [0, 0.05) is 7.11 Å². The minimum absolute atomic E-state index is 0.764. The van der Waals surface area contributed by atoms with Crippen molar-refractivity contribution in [3.8, 4) is 0 Å². The van der Waals surface area contributed by atoms with Gasteiger partial charge in [0.05, 0.1) is 0 Å². The maximum Gasteiger partial charge on any atom is 0.377 e. The lowest BCUT2D eigenvalue weighted by Gasteiger charge is -1.75. The van der Waals surface area contributed by atoms with Gasteiger partial charge in [-0.2, -0.15) is 0 Å². The normalized spacial score (nSPS) is 16.4. The third-order valence-corrected chi connectivity index (χ3v) is 0.981. The molecule has 0 amide bonds. The first-order chi connectivity index (χ1) is 3.43. The second kappa shape index (κ2) is 2.12. The molecule has 0 aromatic carbocycles. The molecule has 0 N–H and O–H groups in total. The van der Waals surface area contributed by atoms with Crippen molar-refractivity contribution < 1.29 is 9.23 Å². The summed E-state index contributed by atoms with van der Waals surface area (Å²) in [5, 5.41) is 0. The van der Waals surface area contributed by atoms with Crippen LogP contribution in [0, 0.1) is 0 Å². The van der Waals surface area contributed by atoms with Crippen LogP contribution in [0.15, 0.2) is 0 Å². The molecule has 7 heavy (non-hydrogen) atoms. The van der Waals surface area contributed by atoms with Gasteiger partial charge in [-0.1, -0.05) is 0 Å². The molecule has 3 heteroatoms. The van der Waals surface area contributed by atoms with Gasteiger partial charge >= 0.3 is 7.48 Å². The monoisotopic (exact) mass is 98.1 g/mol. The number of rotatable bonds is 2. The van der Waals surface area contributed by atoms with E-state index in [1.54, 1.807) is 7.11 Å². The maximum atomic E-state index is 4.80. The standard InChI is InChI=1S/C4H9BNO/c1-7-5-4-6-2-3-6/h4-5H,2-3H2,1H3/q+1. The van der Waals surface area contributed by atoms with Crippen molar-refractivity contribution in [2.45, 2.75) is 0 Å². The molecular weight excluding hydrogens is 88.9 g/mol. The topological polar surface area (TPSA) is 12.2 Å². The first kappa shape index (κ1) is 4.84. The van der Waals surface area contributed by atoms with Gasteiger partial charge in [-0.3, -0.25) is 0 Å². The first-order valence-corrected chi connectivity index (χ1v) is 2.50. The summed E-state index contributed by atoms with van der Waals surface area (Å²) in [6.45, 7) is 2.45. The molecule has 1 rings (SSSR count). The van der Waals surface area contributed by atoms with Crippen LogP contribution in [0.5, 0.6) is 0 Å². The lowest BCUT2D eigenvalue weighted by Crippen LogP contribution is -1.98. The molecule has 0 unspecified atom stereocenters. The van der Waals surface area contributed by atoms with E-state index in [1.807, 2.05) is 0 Å². The highest BCUT2D eigenvalue weighted by Gasteiger charge is 2.18. The molecule has 0 spiro atoms. The van der Waals surface area contributed by atoms with Gasteiger partial charge in [-0.05, 0) is 0 Å². The molecule has 2 nitrogen and oxygen atoms in total. The minimum atomic E-state index is 0.764. The van der Waals surface area contributed by atoms with Crippen LogP contribution < -0.4 is 0 Å². The Morgan fingerprint density at radius 3 is 2.86 bits per heavy atom. The molecule has 1 aliphatic rings. The van der Waals surface area contributed by atoms with Crippen molar-refractivity contribution in [1.29, 1.82) is 0 Å². The van der Waals surface area contributed by atoms with Crippen molar-refractivity contribution in [3.63, 3.8) is 0 Å². The Balaban J connectivity index is 2.07. The second-order valence-electron chi connectivity index (χ2n) is 1.67. The highest BCUT2D eigenvalue weighted by Crippen LogP contribution is 1.87. The molecule has 1 heterocycles. The molecule has 0 aromatic rings. The van der Waals surface area contributed by atoms with E-state index >= 15 is 0 Å². The predicted molar refractivity (Wildman–Crippen MR) is 30.2 cm³/mol. The van der Waals surface area contributed by atoms with E-state index in [0.717, 1.165) is 7.48 Å². The summed E-state index contributed by atoms with van der Waals surface area (Å²) in [6, 6.07) is 0. The van der Waals surface area contributed by atoms with Crippen molar-refractivity contribution in [2.75, 3.05) is 20.2 Å². The van der Waals surface area contributed by atoms with E-state index < -0.39 is 0 Å². The highest BCUT2D eigenvalue weighted by molar-refractivity contribution is 6.61. The van der Waals surface area contributed by atoms with Gasteiger partial charge in [0.25, 0.3) is 0 Å². The maximum absolute atomic E-state index is 4.80. The van der Waals surface area contributed by atoms with Gasteiger partial charge < -0.3 is 4.65 Å². The molecule has 1 fully saturated rings. The molecule has 0 bridgehead atoms. The zero-order chi connectivity index (χ0) is 5.11. The van der Waals surface area contributed by atoms with E-state index in [1.165, 1.54) is 13.1 Å². The predicted octanol–water partition coefficient (Wildman–Crippen LogP) is -0.961. The van der Waals surface area contributed by atoms with E-state index in [0.29, 0.717) is 0 Å². The molecule has 1 saturated heterocycles. The van der Waals surface area contributed by atoms with Crippen molar-refractivity contribution in [1.82, 2.24) is 0 Å². The Labute approximate surface area is 44.1 Å². The third kappa shape index (κ3) is 1.73. The zero-order valence-electron chi connectivity index (χ0n) is 4.55. The molecular formula is C4H9BNO+. The summed E-state index contributed by atoms with van der Waals surface area (Å²) in [6.07, 6.45) is 2.07. The van der Waals surface area contributed by atoms with Crippen LogP contribution in [0.2, 0.25) is 0 Å². The summed E-state index contributed by atoms with van der Waals surface area (Å²) >= 11 is 0. The Morgan fingerprint density at radius 2 is 2.43 bits per heavy atom. The molecule has 0 saturated carbocycles. The van der Waals surface area contributed by atoms with Crippen LogP contribution in [0.25, 0.3) is 0 Å². The van der Waals surface area contributed by atoms with Crippen molar-refractivity contribution >= 4 is 13.6 Å². The zero-order valence-corrected chi connectivity index (χ0v) is 4.55. The van der Waals surface area contributed by atoms with Gasteiger partial charge in [0.2, 0.25) is 0 Å². The summed E-state index contributed by atoms with van der Waals surface area (Å²) in [4.78, 5) is 0. The van der Waals surface area contributed by atoms with E-state index in [4.69, 9.17) is 4.65 Å². The summed E-state index contributed by atoms with van der Waals surface area (Å²) < 4.78 is 7.01. The average Bonchev–Trinajstić information content (AvgIpc) is 2.42. The SMILES string of the molecule is COBC=[N+]1CC1. The van der Waals surface area contributed by atoms with Gasteiger partial charge in [-0.25, -0.2) is 4.58 Å². The highest BCUT2D eigenvalue weighted by atomic mass is 16.4. The Bertz CT molecular complexity index is 85.7. The van der Waals surface area contributed by atoms with E-state index in [2.05, 4.69) is 10.7 Å². The van der Waals surface area contributed by atoms with Crippen LogP contribution in [0.3, 0.4) is 0 Å². The van der Waals surface area contributed by atoms with Gasteiger partial charge in [0.15, 0.2) is 13.1 Å². The fourth-order valence-electron chi connectivity index (χ4n) is 0.420. The number of hydrogen-bond donors (Lipinski definition) is 0. The summed E-state index contributed by atoms with van der Waals surface area (Å²) in [5.74, 6) is 0. The molecule has 0 radical (unpaired) electrons. The first-order valence-electron chi connectivity index (χ1n) is 2.50. The van der Waals surface area contributed by atoms with Gasteiger partial charge in [0.1, 0.15) is 6.11 Å². The smallest absolute Gasteiger partial charge is 0.377 e. The van der Waals surface area contributed by atoms with Crippen LogP contribution in [-0.4, -0.2) is 38.4 Å². The molecule has 0 aromatic heterocycles. The Morgan fingerprint density at radius 1 is 1.71 bits per heavy atom. The molecule has 38 valence electrons. The third-order valence-electron chi connectivity index (χ3n) is 0.981. The Kier molecular flexibility index (Phi) is 1.47. The lowest BCUT2D eigenvalue weighted by molar-refractivity contribution is -0.327. The average molecular weight is 97.9 g/mol. The van der Waals surface area contributed by atoms with Crippen LogP contribution in [-0.2, 0) is 4.65 Å². The minimum Gasteiger partial charge on any atom is -0.432 e. The number of hydrogen-bond acceptors (Lipinski definition) is 1. The summed E-state index contributed by atoms with van der Waals surface area (Å²) in [7, 11) is 2.47. The Hall–Kier alpha value is -0.305. The fraction of sp³-hybridized carbons (Fsp3) is 0.750. The molecule has 1 aliphatic heterocycles. The molecule has 0 atom stereocenters. The van der Waals surface area contributed by atoms with Crippen LogP contribution in [0.1, 0.15) is 0 Å². The lowest BCUT2D eigenvalue weighted by atomic mass is 10.1. The van der Waals surface area contributed by atoms with E-state index in [9.17, 15) is 0 Å². The largest absolute Gasteiger partial charge is 0.432 e. The second-order valence-corrected chi connectivity index (χ2v) is 1.67. The van der Waals surface area contributed by atoms with Crippen LogP contribution in [0.4, 0.5) is 0 Å².